The number of aliphatic carboxylic acids is 1. The number of aliphatic hydroxyl groups excluding tert-OH is 1. The quantitative estimate of drug-likeness (QED) is 0.352. The number of hydrogen-bond donors (Lipinski definition) is 5. The predicted octanol–water partition coefficient (Wildman–Crippen LogP) is 0.897. The number of phenols is 1. The zero-order valence-electron chi connectivity index (χ0n) is 19.3. The average Bonchev–Trinajstić information content (AvgIpc) is 3.15. The Morgan fingerprint density at radius 3 is 2.83 bits per heavy atom. The van der Waals surface area contributed by atoms with Gasteiger partial charge in [-0.1, -0.05) is 13.0 Å². The van der Waals surface area contributed by atoms with Gasteiger partial charge < -0.3 is 35.2 Å². The van der Waals surface area contributed by atoms with Gasteiger partial charge in [0.2, 0.25) is 5.91 Å². The van der Waals surface area contributed by atoms with Crippen molar-refractivity contribution in [3.05, 3.63) is 35.1 Å². The highest BCUT2D eigenvalue weighted by atomic mass is 16.6. The molecule has 0 saturated heterocycles. The van der Waals surface area contributed by atoms with Crippen molar-refractivity contribution in [2.75, 3.05) is 6.54 Å². The van der Waals surface area contributed by atoms with Crippen molar-refractivity contribution in [1.82, 2.24) is 5.32 Å². The molecular formula is C25H29NO9. The maximum Gasteiger partial charge on any atom is 0.333 e. The molecule has 35 heavy (non-hydrogen) atoms. The van der Waals surface area contributed by atoms with Crippen molar-refractivity contribution in [2.24, 2.45) is 11.8 Å². The lowest BCUT2D eigenvalue weighted by atomic mass is 9.45. The van der Waals surface area contributed by atoms with Crippen LogP contribution in [-0.4, -0.2) is 62.6 Å². The van der Waals surface area contributed by atoms with E-state index in [0.29, 0.717) is 30.9 Å². The molecule has 188 valence electrons. The van der Waals surface area contributed by atoms with Gasteiger partial charge in [-0.3, -0.25) is 9.59 Å². The molecule has 10 nitrogen and oxygen atoms in total. The summed E-state index contributed by atoms with van der Waals surface area (Å²) in [7, 11) is 0. The van der Waals surface area contributed by atoms with E-state index < -0.39 is 47.5 Å². The number of hydrogen-bond acceptors (Lipinski definition) is 8. The van der Waals surface area contributed by atoms with Gasteiger partial charge in [0.05, 0.1) is 23.9 Å². The van der Waals surface area contributed by atoms with Crippen molar-refractivity contribution in [1.29, 1.82) is 0 Å². The van der Waals surface area contributed by atoms with Crippen LogP contribution in [0.1, 0.15) is 50.2 Å². The average molecular weight is 488 g/mol. The van der Waals surface area contributed by atoms with E-state index in [9.17, 15) is 29.7 Å². The second kappa shape index (κ2) is 8.23. The smallest absolute Gasteiger partial charge is 0.333 e. The highest BCUT2D eigenvalue weighted by Crippen LogP contribution is 2.68. The van der Waals surface area contributed by atoms with Crippen LogP contribution in [-0.2, 0) is 31.0 Å². The van der Waals surface area contributed by atoms with Gasteiger partial charge in [0.25, 0.3) is 0 Å². The molecule has 10 heteroatoms. The van der Waals surface area contributed by atoms with E-state index in [2.05, 4.69) is 12.2 Å². The molecule has 6 atom stereocenters. The summed E-state index contributed by atoms with van der Waals surface area (Å²) in [6.45, 7) is 2.05. The summed E-state index contributed by atoms with van der Waals surface area (Å²) < 4.78 is 11.9. The number of nitrogens with one attached hydrogen (secondary N) is 1. The summed E-state index contributed by atoms with van der Waals surface area (Å²) in [6.07, 6.45) is 0.815. The minimum absolute atomic E-state index is 0.00945. The second-order valence-electron chi connectivity index (χ2n) is 10.1. The molecule has 5 N–H and O–H groups in total. The Kier molecular flexibility index (Phi) is 5.56. The third-order valence-corrected chi connectivity index (χ3v) is 8.28. The number of phenolic OH excluding ortho intramolecular Hbond substituents is 1. The number of amides is 1. The molecule has 0 aromatic heterocycles. The maximum atomic E-state index is 12.6. The number of rotatable bonds is 7. The minimum Gasteiger partial charge on any atom is -0.504 e. The van der Waals surface area contributed by atoms with Gasteiger partial charge in [0.1, 0.15) is 5.76 Å². The Morgan fingerprint density at radius 2 is 2.09 bits per heavy atom. The molecular weight excluding hydrogens is 458 g/mol. The molecule has 1 aliphatic heterocycles. The number of carbonyl (C=O) groups excluding carboxylic acids is 2. The monoisotopic (exact) mass is 487 g/mol. The second-order valence-corrected chi connectivity index (χ2v) is 10.1. The first-order valence-corrected chi connectivity index (χ1v) is 11.9. The zero-order valence-corrected chi connectivity index (χ0v) is 19.3. The van der Waals surface area contributed by atoms with Crippen LogP contribution >= 0.6 is 0 Å². The normalized spacial score (nSPS) is 32.5. The molecule has 3 aliphatic carbocycles. The Hall–Kier alpha value is -3.11. The maximum absolute atomic E-state index is 12.6. The summed E-state index contributed by atoms with van der Waals surface area (Å²) in [5.74, 6) is -1.90. The molecule has 1 heterocycles. The molecule has 1 spiro atoms. The van der Waals surface area contributed by atoms with E-state index >= 15 is 0 Å². The minimum atomic E-state index is -1.81. The number of carboxylic acids is 1. The van der Waals surface area contributed by atoms with Crippen LogP contribution in [0, 0.1) is 11.8 Å². The first-order valence-electron chi connectivity index (χ1n) is 11.9. The molecule has 1 aromatic carbocycles. The van der Waals surface area contributed by atoms with Crippen LogP contribution in [0.15, 0.2) is 24.0 Å². The van der Waals surface area contributed by atoms with Crippen molar-refractivity contribution in [2.45, 2.75) is 68.7 Å². The Bertz CT molecular complexity index is 1130. The lowest BCUT2D eigenvalue weighted by Crippen LogP contribution is -2.69. The van der Waals surface area contributed by atoms with E-state index in [0.717, 1.165) is 17.5 Å². The Balaban J connectivity index is 1.34. The predicted molar refractivity (Wildman–Crippen MR) is 119 cm³/mol. The van der Waals surface area contributed by atoms with E-state index in [4.69, 9.17) is 14.6 Å². The van der Waals surface area contributed by atoms with Crippen LogP contribution in [0.2, 0.25) is 0 Å². The summed E-state index contributed by atoms with van der Waals surface area (Å²) >= 11 is 0. The molecule has 2 unspecified atom stereocenters. The van der Waals surface area contributed by atoms with E-state index in [-0.39, 0.29) is 30.4 Å². The fraction of sp³-hybridized carbons (Fsp3) is 0.560. The standard InChI is InChI=1S/C25H29NO9/c1-12-4-7-24-20-13-2-3-15(27)21(20)35-22(24)17(5-8-25(24,33)14(12)10-13)34-19(30)6-9-26-18(29)11-16(28)23(31)32/h2-3,5,12,14,16,22,27-28,33H,4,6-11H2,1H3,(H,26,29)(H,31,32)/t12?,14-,16-,22-,24?,25+/m0/s1. The number of benzene rings is 1. The van der Waals surface area contributed by atoms with Crippen LogP contribution in [0.25, 0.3) is 0 Å². The number of ether oxygens (including phenoxy) is 2. The lowest BCUT2D eigenvalue weighted by molar-refractivity contribution is -0.170. The largest absolute Gasteiger partial charge is 0.504 e. The third-order valence-electron chi connectivity index (χ3n) is 8.28. The first-order chi connectivity index (χ1) is 16.6. The van der Waals surface area contributed by atoms with E-state index in [1.807, 2.05) is 6.07 Å². The van der Waals surface area contributed by atoms with Crippen molar-refractivity contribution < 1.29 is 44.3 Å². The van der Waals surface area contributed by atoms with Crippen LogP contribution < -0.4 is 10.1 Å². The van der Waals surface area contributed by atoms with E-state index in [1.54, 1.807) is 12.1 Å². The van der Waals surface area contributed by atoms with Crippen LogP contribution in [0.4, 0.5) is 0 Å². The Morgan fingerprint density at radius 1 is 1.31 bits per heavy atom. The fourth-order valence-electron chi connectivity index (χ4n) is 6.64. The van der Waals surface area contributed by atoms with Crippen molar-refractivity contribution >= 4 is 17.8 Å². The van der Waals surface area contributed by atoms with Gasteiger partial charge in [-0.2, -0.15) is 0 Å². The first kappa shape index (κ1) is 23.6. The number of aromatic hydroxyl groups is 1. The van der Waals surface area contributed by atoms with Gasteiger partial charge in [-0.05, 0) is 55.2 Å². The molecule has 1 aromatic rings. The highest BCUT2D eigenvalue weighted by molar-refractivity contribution is 5.83. The third kappa shape index (κ3) is 3.41. The number of esters is 1. The molecule has 4 aliphatic rings. The van der Waals surface area contributed by atoms with Gasteiger partial charge in [0, 0.05) is 12.1 Å². The summed E-state index contributed by atoms with van der Waals surface area (Å²) in [5, 5.41) is 42.9. The summed E-state index contributed by atoms with van der Waals surface area (Å²) in [5.41, 5.74) is -0.0485. The number of aliphatic hydroxyl groups is 2. The van der Waals surface area contributed by atoms with E-state index in [1.165, 1.54) is 0 Å². The SMILES string of the molecule is CC1CCC23c4c5ccc(O)c4O[C@H]2C(OC(=O)CCNC(=O)C[C@H](O)C(=O)O)=CC[C@@]3(O)[C@H]1C5. The molecule has 0 radical (unpaired) electrons. The van der Waals surface area contributed by atoms with Gasteiger partial charge >= 0.3 is 11.9 Å². The molecule has 2 bridgehead atoms. The zero-order chi connectivity index (χ0) is 25.1. The molecule has 1 amide bonds. The van der Waals surface area contributed by atoms with Gasteiger partial charge in [-0.25, -0.2) is 4.79 Å². The fourth-order valence-corrected chi connectivity index (χ4v) is 6.64. The van der Waals surface area contributed by atoms with Crippen molar-refractivity contribution in [3.8, 4) is 11.5 Å². The molecule has 1 fully saturated rings. The lowest BCUT2D eigenvalue weighted by Gasteiger charge is -2.61. The van der Waals surface area contributed by atoms with Gasteiger partial charge in [-0.15, -0.1) is 0 Å². The summed E-state index contributed by atoms with van der Waals surface area (Å²) in [4.78, 5) is 35.0. The van der Waals surface area contributed by atoms with Gasteiger partial charge in [0.15, 0.2) is 23.7 Å². The molecule has 1 saturated carbocycles. The molecule has 5 rings (SSSR count). The summed E-state index contributed by atoms with van der Waals surface area (Å²) in [6, 6.07) is 3.49. The highest BCUT2D eigenvalue weighted by Gasteiger charge is 2.71. The number of carbonyl (C=O) groups is 3. The van der Waals surface area contributed by atoms with Crippen LogP contribution in [0.5, 0.6) is 11.5 Å². The van der Waals surface area contributed by atoms with Crippen molar-refractivity contribution in [3.63, 3.8) is 0 Å². The topological polar surface area (TPSA) is 163 Å². The number of carboxylic acid groups (broad SMARTS) is 1. The van der Waals surface area contributed by atoms with Crippen LogP contribution in [0.3, 0.4) is 0 Å². The Labute approximate surface area is 201 Å².